The van der Waals surface area contributed by atoms with Gasteiger partial charge in [0.2, 0.25) is 6.79 Å². The van der Waals surface area contributed by atoms with Gasteiger partial charge in [0.1, 0.15) is 11.6 Å². The highest BCUT2D eigenvalue weighted by atomic mass is 19.1. The number of aromatic nitrogens is 1. The van der Waals surface area contributed by atoms with Crippen LogP contribution in [0.2, 0.25) is 0 Å². The minimum atomic E-state index is -0.888. The molecule has 0 radical (unpaired) electrons. The maximum Gasteiger partial charge on any atom is 0.262 e. The van der Waals surface area contributed by atoms with Crippen LogP contribution in [0.1, 0.15) is 24.1 Å². The van der Waals surface area contributed by atoms with Gasteiger partial charge in [-0.3, -0.25) is 14.7 Å². The zero-order valence-corrected chi connectivity index (χ0v) is 20.5. The van der Waals surface area contributed by atoms with Crippen LogP contribution in [0, 0.1) is 5.82 Å². The minimum absolute atomic E-state index is 0.0698. The van der Waals surface area contributed by atoms with Crippen LogP contribution in [0.4, 0.5) is 4.39 Å². The van der Waals surface area contributed by atoms with E-state index in [1.165, 1.54) is 12.1 Å². The normalized spacial score (nSPS) is 17.1. The Bertz CT molecular complexity index is 1190. The number of nitrogens with zero attached hydrogens (tertiary/aromatic N) is 2. The molecule has 0 aliphatic carbocycles. The van der Waals surface area contributed by atoms with Crippen LogP contribution >= 0.6 is 0 Å². The standard InChI is InChI=1S/C28H30FN3O5/c29-21-5-3-7-23(14-21)37-27(28(33)31-15-22-6-1-2-11-30-22)18-32(17-24-8-4-12-34-24)16-20-9-10-25-26(13-20)36-19-35-25/h1-3,5-7,9-11,13-14,24,27H,4,8,12,15-19H2,(H,31,33). The molecule has 1 aromatic heterocycles. The van der Waals surface area contributed by atoms with Crippen molar-refractivity contribution in [2.75, 3.05) is 26.5 Å². The minimum Gasteiger partial charge on any atom is -0.479 e. The second-order valence-electron chi connectivity index (χ2n) is 9.12. The molecule has 1 N–H and O–H groups in total. The van der Waals surface area contributed by atoms with Crippen LogP contribution in [-0.2, 0) is 22.6 Å². The van der Waals surface area contributed by atoms with E-state index in [-0.39, 0.29) is 37.6 Å². The Morgan fingerprint density at radius 2 is 2.05 bits per heavy atom. The topological polar surface area (TPSA) is 82.2 Å². The lowest BCUT2D eigenvalue weighted by molar-refractivity contribution is -0.129. The molecule has 1 saturated heterocycles. The summed E-state index contributed by atoms with van der Waals surface area (Å²) in [6.45, 7) is 2.65. The van der Waals surface area contributed by atoms with Crippen molar-refractivity contribution in [2.45, 2.75) is 38.1 Å². The third-order valence-corrected chi connectivity index (χ3v) is 6.29. The molecule has 1 fully saturated rings. The third kappa shape index (κ3) is 6.96. The number of carbonyl (C=O) groups is 1. The van der Waals surface area contributed by atoms with Gasteiger partial charge in [-0.15, -0.1) is 0 Å². The number of benzene rings is 2. The van der Waals surface area contributed by atoms with E-state index in [2.05, 4.69) is 15.2 Å². The summed E-state index contributed by atoms with van der Waals surface area (Å²) in [5, 5.41) is 2.92. The van der Waals surface area contributed by atoms with Gasteiger partial charge in [0.15, 0.2) is 17.6 Å². The van der Waals surface area contributed by atoms with E-state index in [1.54, 1.807) is 18.3 Å². The quantitative estimate of drug-likeness (QED) is 0.424. The Morgan fingerprint density at radius 3 is 2.86 bits per heavy atom. The number of ether oxygens (including phenoxy) is 4. The SMILES string of the molecule is O=C(NCc1ccccn1)C(CN(Cc1ccc2c(c1)OCO2)CC1CCCO1)Oc1cccc(F)c1. The van der Waals surface area contributed by atoms with Crippen LogP contribution in [0.3, 0.4) is 0 Å². The van der Waals surface area contributed by atoms with Crippen molar-refractivity contribution < 1.29 is 28.1 Å². The molecule has 2 atom stereocenters. The molecular weight excluding hydrogens is 477 g/mol. The summed E-state index contributed by atoms with van der Waals surface area (Å²) in [5.41, 5.74) is 1.75. The lowest BCUT2D eigenvalue weighted by Crippen LogP contribution is -2.47. The highest BCUT2D eigenvalue weighted by Crippen LogP contribution is 2.33. The average molecular weight is 508 g/mol. The fraction of sp³-hybridized carbons (Fsp3) is 0.357. The summed E-state index contributed by atoms with van der Waals surface area (Å²) in [6, 6.07) is 17.2. The summed E-state index contributed by atoms with van der Waals surface area (Å²) < 4.78 is 36.8. The maximum atomic E-state index is 13.9. The first kappa shape index (κ1) is 25.0. The summed E-state index contributed by atoms with van der Waals surface area (Å²) >= 11 is 0. The number of amides is 1. The monoisotopic (exact) mass is 507 g/mol. The number of nitrogens with one attached hydrogen (secondary N) is 1. The molecule has 0 bridgehead atoms. The van der Waals surface area contributed by atoms with Gasteiger partial charge in [0, 0.05) is 38.5 Å². The first-order chi connectivity index (χ1) is 18.1. The Kier molecular flexibility index (Phi) is 8.12. The second kappa shape index (κ2) is 12.0. The zero-order valence-electron chi connectivity index (χ0n) is 20.5. The molecule has 0 saturated carbocycles. The van der Waals surface area contributed by atoms with Crippen LogP contribution in [-0.4, -0.2) is 54.5 Å². The fourth-order valence-electron chi connectivity index (χ4n) is 4.48. The summed E-state index contributed by atoms with van der Waals surface area (Å²) in [5.74, 6) is 0.976. The number of hydrogen-bond acceptors (Lipinski definition) is 7. The predicted octanol–water partition coefficient (Wildman–Crippen LogP) is 3.69. The lowest BCUT2D eigenvalue weighted by Gasteiger charge is -2.29. The number of fused-ring (bicyclic) bond motifs is 1. The molecule has 37 heavy (non-hydrogen) atoms. The van der Waals surface area contributed by atoms with Gasteiger partial charge in [-0.25, -0.2) is 4.39 Å². The highest BCUT2D eigenvalue weighted by molar-refractivity contribution is 5.81. The van der Waals surface area contributed by atoms with Crippen molar-refractivity contribution in [1.29, 1.82) is 0 Å². The van der Waals surface area contributed by atoms with Crippen LogP contribution in [0.15, 0.2) is 66.9 Å². The van der Waals surface area contributed by atoms with Crippen LogP contribution < -0.4 is 19.5 Å². The first-order valence-electron chi connectivity index (χ1n) is 12.4. The van der Waals surface area contributed by atoms with Gasteiger partial charge in [0.05, 0.1) is 18.3 Å². The van der Waals surface area contributed by atoms with Crippen molar-refractivity contribution >= 4 is 5.91 Å². The van der Waals surface area contributed by atoms with Crippen molar-refractivity contribution in [2.24, 2.45) is 0 Å². The van der Waals surface area contributed by atoms with Gasteiger partial charge in [0.25, 0.3) is 5.91 Å². The van der Waals surface area contributed by atoms with Gasteiger partial charge >= 0.3 is 0 Å². The molecule has 3 aromatic rings. The Balaban J connectivity index is 1.34. The number of pyridine rings is 1. The van der Waals surface area contributed by atoms with Crippen LogP contribution in [0.25, 0.3) is 0 Å². The smallest absolute Gasteiger partial charge is 0.262 e. The van der Waals surface area contributed by atoms with Gasteiger partial charge in [-0.1, -0.05) is 18.2 Å². The number of carbonyl (C=O) groups excluding carboxylic acids is 1. The van der Waals surface area contributed by atoms with E-state index in [9.17, 15) is 9.18 Å². The van der Waals surface area contributed by atoms with Crippen molar-refractivity contribution in [3.63, 3.8) is 0 Å². The van der Waals surface area contributed by atoms with E-state index >= 15 is 0 Å². The van der Waals surface area contributed by atoms with E-state index in [4.69, 9.17) is 18.9 Å². The molecular formula is C28H30FN3O5. The Hall–Kier alpha value is -3.69. The van der Waals surface area contributed by atoms with E-state index in [0.29, 0.717) is 18.8 Å². The second-order valence-corrected chi connectivity index (χ2v) is 9.12. The molecule has 9 heteroatoms. The van der Waals surface area contributed by atoms with Crippen molar-refractivity contribution in [1.82, 2.24) is 15.2 Å². The number of rotatable bonds is 11. The van der Waals surface area contributed by atoms with Gasteiger partial charge < -0.3 is 24.3 Å². The predicted molar refractivity (Wildman–Crippen MR) is 134 cm³/mol. The highest BCUT2D eigenvalue weighted by Gasteiger charge is 2.27. The molecule has 8 nitrogen and oxygen atoms in total. The maximum absolute atomic E-state index is 13.9. The lowest BCUT2D eigenvalue weighted by atomic mass is 10.1. The molecule has 2 unspecified atom stereocenters. The van der Waals surface area contributed by atoms with Gasteiger partial charge in [-0.05, 0) is 54.8 Å². The number of halogens is 1. The number of hydrogen-bond donors (Lipinski definition) is 1. The van der Waals surface area contributed by atoms with Crippen molar-refractivity contribution in [3.8, 4) is 17.2 Å². The Morgan fingerprint density at radius 1 is 1.14 bits per heavy atom. The molecule has 0 spiro atoms. The van der Waals surface area contributed by atoms with Gasteiger partial charge in [-0.2, -0.15) is 0 Å². The summed E-state index contributed by atoms with van der Waals surface area (Å²) in [7, 11) is 0. The Labute approximate surface area is 215 Å². The first-order valence-corrected chi connectivity index (χ1v) is 12.4. The summed E-state index contributed by atoms with van der Waals surface area (Å²) in [4.78, 5) is 19.7. The van der Waals surface area contributed by atoms with Crippen LogP contribution in [0.5, 0.6) is 17.2 Å². The molecule has 2 aromatic carbocycles. The zero-order chi connectivity index (χ0) is 25.5. The molecule has 3 heterocycles. The third-order valence-electron chi connectivity index (χ3n) is 6.29. The van der Waals surface area contributed by atoms with E-state index in [1.807, 2.05) is 36.4 Å². The average Bonchev–Trinajstić information content (AvgIpc) is 3.59. The molecule has 2 aliphatic heterocycles. The fourth-order valence-corrected chi connectivity index (χ4v) is 4.48. The molecule has 5 rings (SSSR count). The molecule has 1 amide bonds. The van der Waals surface area contributed by atoms with Crippen molar-refractivity contribution in [3.05, 3.63) is 83.9 Å². The largest absolute Gasteiger partial charge is 0.479 e. The summed E-state index contributed by atoms with van der Waals surface area (Å²) in [6.07, 6.45) is 2.83. The molecule has 194 valence electrons. The molecule has 2 aliphatic rings. The van der Waals surface area contributed by atoms with E-state index < -0.39 is 11.9 Å². The van der Waals surface area contributed by atoms with E-state index in [0.717, 1.165) is 36.5 Å².